The van der Waals surface area contributed by atoms with Gasteiger partial charge in [-0.15, -0.1) is 0 Å². The zero-order valence-electron chi connectivity index (χ0n) is 16.0. The number of rotatable bonds is 5. The van der Waals surface area contributed by atoms with E-state index in [1.54, 1.807) is 41.2 Å². The van der Waals surface area contributed by atoms with Crippen molar-refractivity contribution in [1.29, 1.82) is 0 Å². The summed E-state index contributed by atoms with van der Waals surface area (Å²) in [7, 11) is 0. The number of nitrogens with one attached hydrogen (secondary N) is 2. The van der Waals surface area contributed by atoms with E-state index < -0.39 is 11.7 Å². The summed E-state index contributed by atoms with van der Waals surface area (Å²) in [6.45, 7) is 0. The number of halogens is 2. The highest BCUT2D eigenvalue weighted by molar-refractivity contribution is 9.10. The lowest BCUT2D eigenvalue weighted by Crippen LogP contribution is -2.14. The monoisotopic (exact) mass is 478 g/mol. The van der Waals surface area contributed by atoms with E-state index in [1.165, 1.54) is 24.4 Å². The van der Waals surface area contributed by atoms with Gasteiger partial charge in [-0.05, 0) is 60.7 Å². The van der Waals surface area contributed by atoms with E-state index in [4.69, 9.17) is 0 Å². The van der Waals surface area contributed by atoms with Crippen molar-refractivity contribution < 1.29 is 14.0 Å². The molecule has 0 aliphatic carbocycles. The molecule has 2 N–H and O–H groups in total. The molecule has 0 atom stereocenters. The molecule has 8 heteroatoms. The van der Waals surface area contributed by atoms with Crippen LogP contribution in [0.3, 0.4) is 0 Å². The van der Waals surface area contributed by atoms with Crippen molar-refractivity contribution >= 4 is 39.1 Å². The van der Waals surface area contributed by atoms with Crippen LogP contribution < -0.4 is 10.6 Å². The Hall–Kier alpha value is -3.78. The molecule has 1 heterocycles. The number of nitrogens with zero attached hydrogens (tertiary/aromatic N) is 2. The van der Waals surface area contributed by atoms with Crippen LogP contribution in [-0.4, -0.2) is 21.6 Å². The molecule has 1 aromatic heterocycles. The van der Waals surface area contributed by atoms with E-state index in [1.807, 2.05) is 24.3 Å². The Balaban J connectivity index is 1.45. The first-order chi connectivity index (χ1) is 15.0. The summed E-state index contributed by atoms with van der Waals surface area (Å²) in [5.41, 5.74) is 2.32. The second kappa shape index (κ2) is 8.93. The quantitative estimate of drug-likeness (QED) is 0.409. The van der Waals surface area contributed by atoms with E-state index in [0.717, 1.165) is 10.2 Å². The van der Waals surface area contributed by atoms with E-state index in [2.05, 4.69) is 31.7 Å². The number of benzene rings is 3. The lowest BCUT2D eigenvalue weighted by atomic mass is 10.1. The molecule has 6 nitrogen and oxygen atoms in total. The second-order valence-corrected chi connectivity index (χ2v) is 7.57. The van der Waals surface area contributed by atoms with Gasteiger partial charge in [0.1, 0.15) is 5.82 Å². The molecule has 4 aromatic rings. The molecule has 0 unspecified atom stereocenters. The van der Waals surface area contributed by atoms with Crippen LogP contribution in [0.5, 0.6) is 0 Å². The Labute approximate surface area is 185 Å². The van der Waals surface area contributed by atoms with Crippen LogP contribution in [0.25, 0.3) is 5.69 Å². The number of carbonyl (C=O) groups excluding carboxylic acids is 2. The molecule has 154 valence electrons. The van der Waals surface area contributed by atoms with Crippen molar-refractivity contribution in [3.05, 3.63) is 107 Å². The van der Waals surface area contributed by atoms with Crippen molar-refractivity contribution in [2.75, 3.05) is 10.6 Å². The molecule has 0 aliphatic rings. The minimum atomic E-state index is -0.442. The Kier molecular flexibility index (Phi) is 5.90. The molecule has 0 bridgehead atoms. The number of aromatic nitrogens is 2. The van der Waals surface area contributed by atoms with E-state index in [9.17, 15) is 14.0 Å². The van der Waals surface area contributed by atoms with Gasteiger partial charge < -0.3 is 10.6 Å². The van der Waals surface area contributed by atoms with Gasteiger partial charge in [-0.2, -0.15) is 5.10 Å². The van der Waals surface area contributed by atoms with E-state index in [-0.39, 0.29) is 5.91 Å². The predicted octanol–water partition coefficient (Wildman–Crippen LogP) is 5.28. The number of anilines is 2. The van der Waals surface area contributed by atoms with Crippen LogP contribution in [-0.2, 0) is 0 Å². The first-order valence-corrected chi connectivity index (χ1v) is 10.1. The lowest BCUT2D eigenvalue weighted by molar-refractivity contribution is 0.101. The highest BCUT2D eigenvalue weighted by Gasteiger charge is 2.12. The maximum Gasteiger partial charge on any atom is 0.258 e. The van der Waals surface area contributed by atoms with Crippen LogP contribution in [0.2, 0.25) is 0 Å². The topological polar surface area (TPSA) is 76.0 Å². The number of hydrogen-bond donors (Lipinski definition) is 2. The third kappa shape index (κ3) is 5.04. The van der Waals surface area contributed by atoms with Gasteiger partial charge >= 0.3 is 0 Å². The molecule has 3 aromatic carbocycles. The molecule has 0 saturated heterocycles. The van der Waals surface area contributed by atoms with Gasteiger partial charge in [0.05, 0.1) is 17.4 Å². The number of amides is 2. The van der Waals surface area contributed by atoms with Gasteiger partial charge in [0.25, 0.3) is 11.8 Å². The second-order valence-electron chi connectivity index (χ2n) is 6.65. The third-order valence-corrected chi connectivity index (χ3v) is 4.93. The van der Waals surface area contributed by atoms with Crippen LogP contribution in [0.1, 0.15) is 20.7 Å². The minimum absolute atomic E-state index is 0.326. The van der Waals surface area contributed by atoms with Crippen molar-refractivity contribution in [3.8, 4) is 5.69 Å². The van der Waals surface area contributed by atoms with Gasteiger partial charge in [0.15, 0.2) is 0 Å². The maximum atomic E-state index is 13.3. The van der Waals surface area contributed by atoms with Crippen molar-refractivity contribution in [2.45, 2.75) is 0 Å². The molecule has 2 amide bonds. The highest BCUT2D eigenvalue weighted by atomic mass is 79.9. The van der Waals surface area contributed by atoms with Gasteiger partial charge in [-0.1, -0.05) is 28.1 Å². The summed E-state index contributed by atoms with van der Waals surface area (Å²) < 4.78 is 15.9. The average molecular weight is 479 g/mol. The van der Waals surface area contributed by atoms with E-state index in [0.29, 0.717) is 22.5 Å². The maximum absolute atomic E-state index is 13.3. The smallest absolute Gasteiger partial charge is 0.258 e. The van der Waals surface area contributed by atoms with Gasteiger partial charge in [0, 0.05) is 27.6 Å². The normalized spacial score (nSPS) is 10.5. The zero-order chi connectivity index (χ0) is 21.8. The van der Waals surface area contributed by atoms with Gasteiger partial charge in [-0.3, -0.25) is 9.59 Å². The van der Waals surface area contributed by atoms with Gasteiger partial charge in [-0.25, -0.2) is 9.07 Å². The first-order valence-electron chi connectivity index (χ1n) is 9.27. The predicted molar refractivity (Wildman–Crippen MR) is 120 cm³/mol. The van der Waals surface area contributed by atoms with Crippen LogP contribution in [0, 0.1) is 5.82 Å². The average Bonchev–Trinajstić information content (AvgIpc) is 3.25. The molecule has 4 rings (SSSR count). The van der Waals surface area contributed by atoms with Crippen LogP contribution in [0.4, 0.5) is 15.8 Å². The summed E-state index contributed by atoms with van der Waals surface area (Å²) in [6.07, 6.45) is 3.09. The molecule has 31 heavy (non-hydrogen) atoms. The summed E-state index contributed by atoms with van der Waals surface area (Å²) in [5.74, 6) is -1.21. The summed E-state index contributed by atoms with van der Waals surface area (Å²) in [4.78, 5) is 25.1. The largest absolute Gasteiger partial charge is 0.322 e. The highest BCUT2D eigenvalue weighted by Crippen LogP contribution is 2.17. The molecular formula is C23H16BrFN4O2. The standard InChI is InChI=1S/C23H16BrFN4O2/c24-17-7-9-21(10-8-17)29-14-16(13-26-29)23(31)27-19-5-1-3-15(11-19)22(30)28-20-6-2-4-18(25)12-20/h1-14H,(H,27,31)(H,28,30). The fraction of sp³-hybridized carbons (Fsp3) is 0. The third-order valence-electron chi connectivity index (χ3n) is 4.40. The molecule has 0 radical (unpaired) electrons. The Morgan fingerprint density at radius 2 is 1.48 bits per heavy atom. The zero-order valence-corrected chi connectivity index (χ0v) is 17.6. The van der Waals surface area contributed by atoms with Gasteiger partial charge in [0.2, 0.25) is 0 Å². The minimum Gasteiger partial charge on any atom is -0.322 e. The Morgan fingerprint density at radius 1 is 0.839 bits per heavy atom. The summed E-state index contributed by atoms with van der Waals surface area (Å²) in [6, 6.07) is 19.6. The number of hydrogen-bond acceptors (Lipinski definition) is 3. The Morgan fingerprint density at radius 3 is 2.19 bits per heavy atom. The molecule has 0 saturated carbocycles. The first kappa shape index (κ1) is 20.5. The Bertz CT molecular complexity index is 1250. The van der Waals surface area contributed by atoms with E-state index >= 15 is 0 Å². The van der Waals surface area contributed by atoms with Crippen molar-refractivity contribution in [1.82, 2.24) is 9.78 Å². The molecular weight excluding hydrogens is 463 g/mol. The van der Waals surface area contributed by atoms with Crippen LogP contribution in [0.15, 0.2) is 89.7 Å². The summed E-state index contributed by atoms with van der Waals surface area (Å²) >= 11 is 3.38. The molecule has 0 fully saturated rings. The molecule has 0 aliphatic heterocycles. The number of carbonyl (C=O) groups is 2. The SMILES string of the molecule is O=C(Nc1cccc(F)c1)c1cccc(NC(=O)c2cnn(-c3ccc(Br)cc3)c2)c1. The fourth-order valence-corrected chi connectivity index (χ4v) is 3.15. The molecule has 0 spiro atoms. The fourth-order valence-electron chi connectivity index (χ4n) is 2.89. The van der Waals surface area contributed by atoms with Crippen LogP contribution >= 0.6 is 15.9 Å². The summed E-state index contributed by atoms with van der Waals surface area (Å²) in [5, 5.41) is 9.61. The lowest BCUT2D eigenvalue weighted by Gasteiger charge is -2.08. The van der Waals surface area contributed by atoms with Crippen molar-refractivity contribution in [2.24, 2.45) is 0 Å². The van der Waals surface area contributed by atoms with Crippen molar-refractivity contribution in [3.63, 3.8) is 0 Å².